The largest absolute Gasteiger partial charge is 0.505 e. The highest BCUT2D eigenvalue weighted by atomic mass is 19.1. The van der Waals surface area contributed by atoms with E-state index in [9.17, 15) is 9.18 Å². The average molecular weight is 288 g/mol. The molecule has 0 bridgehead atoms. The first-order valence-electron chi connectivity index (χ1n) is 6.69. The molecule has 0 saturated heterocycles. The Morgan fingerprint density at radius 2 is 2.05 bits per heavy atom. The van der Waals surface area contributed by atoms with Crippen molar-refractivity contribution in [2.45, 2.75) is 13.5 Å². The number of benzene rings is 2. The van der Waals surface area contributed by atoms with Gasteiger partial charge in [0.15, 0.2) is 11.6 Å². The number of aromatic hydroxyl groups is 1. The molecule has 0 heterocycles. The summed E-state index contributed by atoms with van der Waals surface area (Å²) in [6.07, 6.45) is 0. The molecule has 0 fully saturated rings. The Labute approximate surface area is 122 Å². The fourth-order valence-electron chi connectivity index (χ4n) is 1.90. The van der Waals surface area contributed by atoms with E-state index in [1.165, 1.54) is 12.1 Å². The third-order valence-corrected chi connectivity index (χ3v) is 2.97. The van der Waals surface area contributed by atoms with E-state index < -0.39 is 5.82 Å². The molecular weight excluding hydrogens is 271 g/mol. The summed E-state index contributed by atoms with van der Waals surface area (Å²) < 4.78 is 13.2. The number of carbonyl (C=O) groups excluding carboxylic acids is 1. The number of halogens is 1. The number of phenols is 1. The zero-order chi connectivity index (χ0) is 15.2. The lowest BCUT2D eigenvalue weighted by molar-refractivity contribution is 0.0956. The number of nitrogens with one attached hydrogen (secondary N) is 2. The summed E-state index contributed by atoms with van der Waals surface area (Å²) in [7, 11) is 0. The highest BCUT2D eigenvalue weighted by molar-refractivity contribution is 5.95. The average Bonchev–Trinajstić information content (AvgIpc) is 2.49. The summed E-state index contributed by atoms with van der Waals surface area (Å²) in [4.78, 5) is 11.7. The van der Waals surface area contributed by atoms with Crippen LogP contribution in [0.2, 0.25) is 0 Å². The summed E-state index contributed by atoms with van der Waals surface area (Å²) in [5.74, 6) is -1.14. The van der Waals surface area contributed by atoms with Gasteiger partial charge in [0, 0.05) is 24.3 Å². The van der Waals surface area contributed by atoms with Crippen LogP contribution in [0.25, 0.3) is 0 Å². The first-order valence-corrected chi connectivity index (χ1v) is 6.69. The Morgan fingerprint density at radius 1 is 1.24 bits per heavy atom. The van der Waals surface area contributed by atoms with E-state index in [1.807, 2.05) is 13.0 Å². The third kappa shape index (κ3) is 3.95. The van der Waals surface area contributed by atoms with Gasteiger partial charge in [-0.3, -0.25) is 4.79 Å². The minimum atomic E-state index is -0.648. The standard InChI is InChI=1S/C16H17FN2O2/c1-2-18-16(21)12-4-3-5-13(9-12)19-10-11-6-7-15(20)14(17)8-11/h3-9,19-20H,2,10H2,1H3,(H,18,21). The van der Waals surface area contributed by atoms with Crippen molar-refractivity contribution in [1.82, 2.24) is 5.32 Å². The number of rotatable bonds is 5. The van der Waals surface area contributed by atoms with Crippen LogP contribution in [-0.2, 0) is 6.54 Å². The Kier molecular flexibility index (Phi) is 4.77. The van der Waals surface area contributed by atoms with E-state index >= 15 is 0 Å². The van der Waals surface area contributed by atoms with Crippen LogP contribution < -0.4 is 10.6 Å². The molecule has 0 saturated carbocycles. The fraction of sp³-hybridized carbons (Fsp3) is 0.188. The van der Waals surface area contributed by atoms with Gasteiger partial charge in [-0.15, -0.1) is 0 Å². The van der Waals surface area contributed by atoms with Crippen molar-refractivity contribution in [2.75, 3.05) is 11.9 Å². The number of anilines is 1. The Morgan fingerprint density at radius 3 is 2.76 bits per heavy atom. The van der Waals surface area contributed by atoms with Crippen LogP contribution in [0.3, 0.4) is 0 Å². The fourth-order valence-corrected chi connectivity index (χ4v) is 1.90. The molecule has 0 aliphatic rings. The molecule has 0 aliphatic heterocycles. The van der Waals surface area contributed by atoms with Crippen molar-refractivity contribution in [3.63, 3.8) is 0 Å². The molecule has 2 aromatic carbocycles. The van der Waals surface area contributed by atoms with E-state index in [0.717, 1.165) is 5.69 Å². The molecule has 0 radical (unpaired) electrons. The minimum absolute atomic E-state index is 0.128. The number of amides is 1. The molecule has 4 nitrogen and oxygen atoms in total. The molecule has 0 atom stereocenters. The van der Waals surface area contributed by atoms with Gasteiger partial charge in [-0.05, 0) is 42.8 Å². The smallest absolute Gasteiger partial charge is 0.251 e. The predicted molar refractivity (Wildman–Crippen MR) is 79.8 cm³/mol. The van der Waals surface area contributed by atoms with Gasteiger partial charge < -0.3 is 15.7 Å². The summed E-state index contributed by atoms with van der Waals surface area (Å²) in [6.45, 7) is 2.83. The van der Waals surface area contributed by atoms with Gasteiger partial charge in [-0.2, -0.15) is 0 Å². The number of phenolic OH excluding ortho intramolecular Hbond substituents is 1. The number of hydrogen-bond acceptors (Lipinski definition) is 3. The van der Waals surface area contributed by atoms with E-state index in [2.05, 4.69) is 10.6 Å². The molecule has 3 N–H and O–H groups in total. The third-order valence-electron chi connectivity index (χ3n) is 2.97. The second-order valence-electron chi connectivity index (χ2n) is 4.58. The molecule has 110 valence electrons. The van der Waals surface area contributed by atoms with Gasteiger partial charge in [0.25, 0.3) is 5.91 Å². The summed E-state index contributed by atoms with van der Waals surface area (Å²) >= 11 is 0. The van der Waals surface area contributed by atoms with Gasteiger partial charge in [0.2, 0.25) is 0 Å². The zero-order valence-electron chi connectivity index (χ0n) is 11.7. The van der Waals surface area contributed by atoms with E-state index in [4.69, 9.17) is 5.11 Å². The monoisotopic (exact) mass is 288 g/mol. The lowest BCUT2D eigenvalue weighted by atomic mass is 10.1. The van der Waals surface area contributed by atoms with Gasteiger partial charge in [-0.1, -0.05) is 12.1 Å². The number of hydrogen-bond donors (Lipinski definition) is 3. The van der Waals surface area contributed by atoms with Crippen LogP contribution in [0.1, 0.15) is 22.8 Å². The predicted octanol–water partition coefficient (Wildman–Crippen LogP) is 2.89. The second kappa shape index (κ2) is 6.74. The van der Waals surface area contributed by atoms with Crippen molar-refractivity contribution in [1.29, 1.82) is 0 Å². The minimum Gasteiger partial charge on any atom is -0.505 e. The molecule has 0 aliphatic carbocycles. The molecule has 0 unspecified atom stereocenters. The maximum absolute atomic E-state index is 13.2. The summed E-state index contributed by atoms with van der Waals surface area (Å²) in [5, 5.41) is 15.0. The zero-order valence-corrected chi connectivity index (χ0v) is 11.7. The van der Waals surface area contributed by atoms with E-state index in [0.29, 0.717) is 24.2 Å². The van der Waals surface area contributed by atoms with Crippen LogP contribution >= 0.6 is 0 Å². The van der Waals surface area contributed by atoms with Crippen LogP contribution in [-0.4, -0.2) is 17.6 Å². The molecular formula is C16H17FN2O2. The van der Waals surface area contributed by atoms with Crippen molar-refractivity contribution >= 4 is 11.6 Å². The normalized spacial score (nSPS) is 10.2. The molecule has 2 rings (SSSR count). The van der Waals surface area contributed by atoms with Crippen LogP contribution in [0.15, 0.2) is 42.5 Å². The van der Waals surface area contributed by atoms with Gasteiger partial charge >= 0.3 is 0 Å². The molecule has 2 aromatic rings. The Hall–Kier alpha value is -2.56. The van der Waals surface area contributed by atoms with Gasteiger partial charge in [0.1, 0.15) is 0 Å². The molecule has 0 aromatic heterocycles. The summed E-state index contributed by atoms with van der Waals surface area (Å²) in [5.41, 5.74) is 2.04. The van der Waals surface area contributed by atoms with Crippen molar-refractivity contribution < 1.29 is 14.3 Å². The highest BCUT2D eigenvalue weighted by Crippen LogP contribution is 2.17. The van der Waals surface area contributed by atoms with Gasteiger partial charge in [0.05, 0.1) is 0 Å². The number of carbonyl (C=O) groups is 1. The highest BCUT2D eigenvalue weighted by Gasteiger charge is 2.05. The SMILES string of the molecule is CCNC(=O)c1cccc(NCc2ccc(O)c(F)c2)c1. The maximum atomic E-state index is 13.2. The van der Waals surface area contributed by atoms with Crippen molar-refractivity contribution in [3.05, 3.63) is 59.4 Å². The lowest BCUT2D eigenvalue weighted by Crippen LogP contribution is -2.22. The van der Waals surface area contributed by atoms with Crippen molar-refractivity contribution in [3.8, 4) is 5.75 Å². The van der Waals surface area contributed by atoms with Crippen LogP contribution in [0, 0.1) is 5.82 Å². The first kappa shape index (κ1) is 14.8. The van der Waals surface area contributed by atoms with Crippen LogP contribution in [0.5, 0.6) is 5.75 Å². The first-order chi connectivity index (χ1) is 10.1. The van der Waals surface area contributed by atoms with Crippen molar-refractivity contribution in [2.24, 2.45) is 0 Å². The maximum Gasteiger partial charge on any atom is 0.251 e. The van der Waals surface area contributed by atoms with E-state index in [1.54, 1.807) is 24.3 Å². The quantitative estimate of drug-likeness (QED) is 0.793. The van der Waals surface area contributed by atoms with Gasteiger partial charge in [-0.25, -0.2) is 4.39 Å². The summed E-state index contributed by atoms with van der Waals surface area (Å²) in [6, 6.07) is 11.3. The Balaban J connectivity index is 2.04. The Bertz CT molecular complexity index is 644. The second-order valence-corrected chi connectivity index (χ2v) is 4.58. The van der Waals surface area contributed by atoms with Crippen LogP contribution in [0.4, 0.5) is 10.1 Å². The molecule has 5 heteroatoms. The molecule has 0 spiro atoms. The lowest BCUT2D eigenvalue weighted by Gasteiger charge is -2.09. The van der Waals surface area contributed by atoms with E-state index in [-0.39, 0.29) is 11.7 Å². The molecule has 21 heavy (non-hydrogen) atoms. The topological polar surface area (TPSA) is 61.4 Å². The molecule has 1 amide bonds.